The molecule has 2 aliphatic rings. The molecule has 5 rings (SSSR count). The van der Waals surface area contributed by atoms with Crippen LogP contribution < -0.4 is 5.32 Å². The molecule has 6 nitrogen and oxygen atoms in total. The van der Waals surface area contributed by atoms with E-state index in [1.165, 1.54) is 28.2 Å². The summed E-state index contributed by atoms with van der Waals surface area (Å²) >= 11 is 5.89. The maximum Gasteiger partial charge on any atom is 0.170 e. The molecule has 0 amide bonds. The predicted octanol–water partition coefficient (Wildman–Crippen LogP) is 4.10. The minimum absolute atomic E-state index is 0.00449. The summed E-state index contributed by atoms with van der Waals surface area (Å²) in [6, 6.07) is 17.2. The van der Waals surface area contributed by atoms with Crippen LogP contribution in [0.5, 0.6) is 0 Å². The van der Waals surface area contributed by atoms with Crippen LogP contribution in [0.2, 0.25) is 0 Å². The number of hydrogen-bond donors (Lipinski definition) is 1. The Morgan fingerprint density at radius 3 is 2.59 bits per heavy atom. The molecule has 0 bridgehead atoms. The van der Waals surface area contributed by atoms with Crippen LogP contribution in [0, 0.1) is 20.8 Å². The zero-order valence-electron chi connectivity index (χ0n) is 20.2. The lowest BCUT2D eigenvalue weighted by molar-refractivity contribution is 0.0350. The summed E-state index contributed by atoms with van der Waals surface area (Å²) in [5.74, 6) is 0. The number of ether oxygens (including phenoxy) is 1. The molecule has 2 atom stereocenters. The highest BCUT2D eigenvalue weighted by Crippen LogP contribution is 2.41. The van der Waals surface area contributed by atoms with E-state index in [1.807, 2.05) is 12.3 Å². The van der Waals surface area contributed by atoms with E-state index in [9.17, 15) is 0 Å². The Hall–Kier alpha value is -2.74. The van der Waals surface area contributed by atoms with Gasteiger partial charge in [0.25, 0.3) is 0 Å². The van der Waals surface area contributed by atoms with Crippen molar-refractivity contribution in [2.45, 2.75) is 32.9 Å². The number of thiocarbonyl (C=S) groups is 1. The molecular formula is C27H33N5OS. The summed E-state index contributed by atoms with van der Waals surface area (Å²) in [6.07, 6.45) is 1.86. The van der Waals surface area contributed by atoms with Crippen molar-refractivity contribution >= 4 is 17.3 Å². The molecule has 7 heteroatoms. The lowest BCUT2D eigenvalue weighted by Gasteiger charge is -2.32. The SMILES string of the molecule is Cc1cccc(-n2c(C)cc([C@H]3[C@@H](c4ccccn4)NC(=S)N3CCN3CCOCC3)c2C)c1. The highest BCUT2D eigenvalue weighted by Gasteiger charge is 2.41. The molecule has 1 aromatic carbocycles. The Bertz CT molecular complexity index is 1160. The van der Waals surface area contributed by atoms with Crippen molar-refractivity contribution in [3.8, 4) is 5.69 Å². The highest BCUT2D eigenvalue weighted by atomic mass is 32.1. The van der Waals surface area contributed by atoms with Gasteiger partial charge in [-0.3, -0.25) is 9.88 Å². The molecule has 2 saturated heterocycles. The van der Waals surface area contributed by atoms with Crippen molar-refractivity contribution in [1.29, 1.82) is 0 Å². The van der Waals surface area contributed by atoms with Gasteiger partial charge in [0.1, 0.15) is 0 Å². The van der Waals surface area contributed by atoms with Crippen molar-refractivity contribution in [2.75, 3.05) is 39.4 Å². The second-order valence-corrected chi connectivity index (χ2v) is 9.66. The molecule has 0 radical (unpaired) electrons. The zero-order valence-corrected chi connectivity index (χ0v) is 21.0. The summed E-state index contributed by atoms with van der Waals surface area (Å²) in [4.78, 5) is 9.53. The van der Waals surface area contributed by atoms with Crippen molar-refractivity contribution in [2.24, 2.45) is 0 Å². The summed E-state index contributed by atoms with van der Waals surface area (Å²) in [5.41, 5.74) is 7.24. The van der Waals surface area contributed by atoms with Gasteiger partial charge in [0, 0.05) is 49.5 Å². The molecule has 4 heterocycles. The fraction of sp³-hybridized carbons (Fsp3) is 0.407. The molecule has 178 valence electrons. The van der Waals surface area contributed by atoms with Crippen LogP contribution in [0.25, 0.3) is 5.69 Å². The van der Waals surface area contributed by atoms with Gasteiger partial charge < -0.3 is 19.5 Å². The molecule has 0 saturated carbocycles. The molecule has 0 spiro atoms. The third-order valence-electron chi connectivity index (χ3n) is 7.01. The van der Waals surface area contributed by atoms with Crippen LogP contribution in [0.4, 0.5) is 0 Å². The number of morpholine rings is 1. The fourth-order valence-corrected chi connectivity index (χ4v) is 5.64. The molecule has 1 N–H and O–H groups in total. The first-order chi connectivity index (χ1) is 16.5. The monoisotopic (exact) mass is 475 g/mol. The molecule has 2 aliphatic heterocycles. The maximum atomic E-state index is 5.89. The molecular weight excluding hydrogens is 442 g/mol. The first-order valence-corrected chi connectivity index (χ1v) is 12.5. The summed E-state index contributed by atoms with van der Waals surface area (Å²) in [6.45, 7) is 12.0. The fourth-order valence-electron chi connectivity index (χ4n) is 5.31. The normalized spacial score (nSPS) is 21.1. The lowest BCUT2D eigenvalue weighted by atomic mass is 9.96. The molecule has 2 aromatic heterocycles. The number of nitrogens with one attached hydrogen (secondary N) is 1. The van der Waals surface area contributed by atoms with E-state index in [0.29, 0.717) is 0 Å². The van der Waals surface area contributed by atoms with Gasteiger partial charge in [-0.2, -0.15) is 0 Å². The smallest absolute Gasteiger partial charge is 0.170 e. The topological polar surface area (TPSA) is 45.6 Å². The highest BCUT2D eigenvalue weighted by molar-refractivity contribution is 7.80. The van der Waals surface area contributed by atoms with Crippen LogP contribution in [0.15, 0.2) is 54.7 Å². The summed E-state index contributed by atoms with van der Waals surface area (Å²) in [7, 11) is 0. The molecule has 34 heavy (non-hydrogen) atoms. The van der Waals surface area contributed by atoms with Crippen LogP contribution in [-0.2, 0) is 4.74 Å². The molecule has 2 fully saturated rings. The van der Waals surface area contributed by atoms with E-state index in [1.54, 1.807) is 0 Å². The first-order valence-electron chi connectivity index (χ1n) is 12.1. The quantitative estimate of drug-likeness (QED) is 0.542. The third-order valence-corrected chi connectivity index (χ3v) is 7.36. The van der Waals surface area contributed by atoms with E-state index in [2.05, 4.69) is 82.9 Å². The number of rotatable bonds is 6. The average molecular weight is 476 g/mol. The van der Waals surface area contributed by atoms with Gasteiger partial charge in [-0.1, -0.05) is 18.2 Å². The Balaban J connectivity index is 1.52. The number of nitrogens with zero attached hydrogens (tertiary/aromatic N) is 4. The van der Waals surface area contributed by atoms with Crippen LogP contribution in [0.1, 0.15) is 40.3 Å². The van der Waals surface area contributed by atoms with Gasteiger partial charge in [-0.15, -0.1) is 0 Å². The van der Waals surface area contributed by atoms with E-state index < -0.39 is 0 Å². The number of aryl methyl sites for hydroxylation is 2. The van der Waals surface area contributed by atoms with Gasteiger partial charge in [-0.25, -0.2) is 0 Å². The number of aromatic nitrogens is 2. The lowest BCUT2D eigenvalue weighted by Crippen LogP contribution is -2.42. The minimum Gasteiger partial charge on any atom is -0.379 e. The van der Waals surface area contributed by atoms with E-state index in [4.69, 9.17) is 21.9 Å². The second-order valence-electron chi connectivity index (χ2n) is 9.27. The van der Waals surface area contributed by atoms with E-state index in [-0.39, 0.29) is 12.1 Å². The van der Waals surface area contributed by atoms with Crippen molar-refractivity contribution in [3.63, 3.8) is 0 Å². The second kappa shape index (κ2) is 9.86. The average Bonchev–Trinajstić information content (AvgIpc) is 3.33. The van der Waals surface area contributed by atoms with Gasteiger partial charge in [0.05, 0.1) is 31.0 Å². The first kappa shape index (κ1) is 23.0. The molecule has 0 unspecified atom stereocenters. The van der Waals surface area contributed by atoms with Crippen molar-refractivity contribution in [1.82, 2.24) is 24.7 Å². The summed E-state index contributed by atoms with van der Waals surface area (Å²) in [5, 5.41) is 4.40. The van der Waals surface area contributed by atoms with E-state index >= 15 is 0 Å². The van der Waals surface area contributed by atoms with Crippen molar-refractivity contribution in [3.05, 3.63) is 82.9 Å². The maximum absolute atomic E-state index is 5.89. The Labute approximate surface area is 207 Å². The Morgan fingerprint density at radius 2 is 1.85 bits per heavy atom. The molecule has 3 aromatic rings. The largest absolute Gasteiger partial charge is 0.379 e. The standard InChI is InChI=1S/C27H33N5OS/c1-19-7-6-8-22(17-19)32-20(2)18-23(21(32)3)26-25(24-9-4-5-10-28-24)29-27(34)31(26)12-11-30-13-15-33-16-14-30/h4-10,17-18,25-26H,11-16H2,1-3H3,(H,29,34)/t25-,26+/m1/s1. The zero-order chi connectivity index (χ0) is 23.7. The predicted molar refractivity (Wildman–Crippen MR) is 139 cm³/mol. The number of benzene rings is 1. The van der Waals surface area contributed by atoms with Gasteiger partial charge >= 0.3 is 0 Å². The minimum atomic E-state index is 0.00449. The van der Waals surface area contributed by atoms with E-state index in [0.717, 1.165) is 50.2 Å². The van der Waals surface area contributed by atoms with Crippen LogP contribution >= 0.6 is 12.2 Å². The number of hydrogen-bond acceptors (Lipinski definition) is 4. The van der Waals surface area contributed by atoms with Gasteiger partial charge in [-0.05, 0) is 74.4 Å². The van der Waals surface area contributed by atoms with Crippen LogP contribution in [0.3, 0.4) is 0 Å². The Kier molecular flexibility index (Phi) is 6.68. The van der Waals surface area contributed by atoms with Gasteiger partial charge in [0.15, 0.2) is 5.11 Å². The van der Waals surface area contributed by atoms with Crippen molar-refractivity contribution < 1.29 is 4.74 Å². The molecule has 0 aliphatic carbocycles. The third kappa shape index (κ3) is 4.48. The summed E-state index contributed by atoms with van der Waals surface area (Å²) < 4.78 is 7.90. The van der Waals surface area contributed by atoms with Gasteiger partial charge in [0.2, 0.25) is 0 Å². The van der Waals surface area contributed by atoms with Crippen LogP contribution in [-0.4, -0.2) is 63.9 Å². The number of pyridine rings is 1. The Morgan fingerprint density at radius 1 is 1.03 bits per heavy atom.